The highest BCUT2D eigenvalue weighted by Crippen LogP contribution is 2.30. The van der Waals surface area contributed by atoms with E-state index >= 15 is 0 Å². The number of aromatic nitrogens is 1. The van der Waals surface area contributed by atoms with Gasteiger partial charge in [-0.1, -0.05) is 29.8 Å². The number of hydrogen-bond acceptors (Lipinski definition) is 4. The second kappa shape index (κ2) is 7.99. The molecule has 1 heterocycles. The van der Waals surface area contributed by atoms with Gasteiger partial charge in [0, 0.05) is 29.2 Å². The van der Waals surface area contributed by atoms with Gasteiger partial charge in [0.25, 0.3) is 0 Å². The molecule has 3 aromatic rings. The molecule has 2 aromatic carbocycles. The second-order valence-electron chi connectivity index (χ2n) is 5.45. The summed E-state index contributed by atoms with van der Waals surface area (Å²) in [5, 5.41) is 13.4. The molecule has 0 amide bonds. The van der Waals surface area contributed by atoms with Crippen molar-refractivity contribution < 1.29 is 9.84 Å². The largest absolute Gasteiger partial charge is 0.497 e. The van der Waals surface area contributed by atoms with Gasteiger partial charge in [-0.15, -0.1) is 12.4 Å². The molecule has 24 heavy (non-hydrogen) atoms. The van der Waals surface area contributed by atoms with Crippen LogP contribution in [0.3, 0.4) is 0 Å². The van der Waals surface area contributed by atoms with Crippen molar-refractivity contribution in [1.29, 1.82) is 0 Å². The molecule has 126 valence electrons. The summed E-state index contributed by atoms with van der Waals surface area (Å²) in [6, 6.07) is 16.1. The third-order valence-corrected chi connectivity index (χ3v) is 3.79. The van der Waals surface area contributed by atoms with E-state index in [9.17, 15) is 0 Å². The number of methoxy groups -OCH3 is 1. The monoisotopic (exact) mass is 344 g/mol. The summed E-state index contributed by atoms with van der Waals surface area (Å²) < 4.78 is 5.30. The first-order valence-corrected chi connectivity index (χ1v) is 7.62. The summed E-state index contributed by atoms with van der Waals surface area (Å²) in [4.78, 5) is 4.77. The van der Waals surface area contributed by atoms with Gasteiger partial charge in [0.15, 0.2) is 0 Å². The third-order valence-electron chi connectivity index (χ3n) is 3.79. The van der Waals surface area contributed by atoms with Gasteiger partial charge in [-0.05, 0) is 25.1 Å². The van der Waals surface area contributed by atoms with Crippen LogP contribution in [0.15, 0.2) is 48.5 Å². The number of aliphatic hydroxyl groups excluding tert-OH is 1. The summed E-state index contributed by atoms with van der Waals surface area (Å²) in [6.45, 7) is 2.65. The summed E-state index contributed by atoms with van der Waals surface area (Å²) in [6.07, 6.45) is 0. The fraction of sp³-hybridized carbons (Fsp3) is 0.211. The van der Waals surface area contributed by atoms with Gasteiger partial charge in [-0.3, -0.25) is 0 Å². The van der Waals surface area contributed by atoms with Crippen molar-refractivity contribution >= 4 is 29.0 Å². The lowest BCUT2D eigenvalue weighted by molar-refractivity contribution is 0.311. The summed E-state index contributed by atoms with van der Waals surface area (Å²) >= 11 is 0. The maximum absolute atomic E-state index is 9.10. The standard InChI is InChI=1S/C19H20N2O2.ClH/c1-13-3-5-14(6-4-13)17-12-18(20-9-10-22)16-8-7-15(23-2)11-19(16)21-17;/h3-8,11-12,22H,9-10H2,1-2H3,(H,20,21);1H. The van der Waals surface area contributed by atoms with E-state index in [4.69, 9.17) is 14.8 Å². The number of halogens is 1. The van der Waals surface area contributed by atoms with Gasteiger partial charge in [0.1, 0.15) is 5.75 Å². The molecule has 5 heteroatoms. The molecule has 2 N–H and O–H groups in total. The molecule has 0 atom stereocenters. The fourth-order valence-electron chi connectivity index (χ4n) is 2.54. The van der Waals surface area contributed by atoms with E-state index in [-0.39, 0.29) is 19.0 Å². The smallest absolute Gasteiger partial charge is 0.121 e. The zero-order valence-electron chi connectivity index (χ0n) is 13.7. The van der Waals surface area contributed by atoms with E-state index in [0.29, 0.717) is 6.54 Å². The number of nitrogens with zero attached hydrogens (tertiary/aromatic N) is 1. The lowest BCUT2D eigenvalue weighted by atomic mass is 10.1. The van der Waals surface area contributed by atoms with Crippen molar-refractivity contribution in [2.45, 2.75) is 6.92 Å². The molecule has 0 radical (unpaired) electrons. The fourth-order valence-corrected chi connectivity index (χ4v) is 2.54. The molecule has 0 aliphatic carbocycles. The quantitative estimate of drug-likeness (QED) is 0.733. The Hall–Kier alpha value is -2.30. The van der Waals surface area contributed by atoms with E-state index in [0.717, 1.165) is 33.6 Å². The number of rotatable bonds is 5. The van der Waals surface area contributed by atoms with Gasteiger partial charge >= 0.3 is 0 Å². The molecule has 0 fully saturated rings. The van der Waals surface area contributed by atoms with Crippen LogP contribution in [0, 0.1) is 6.92 Å². The van der Waals surface area contributed by atoms with Gasteiger partial charge in [0.05, 0.1) is 24.9 Å². The first-order valence-electron chi connectivity index (χ1n) is 7.62. The van der Waals surface area contributed by atoms with Crippen LogP contribution >= 0.6 is 12.4 Å². The number of nitrogens with one attached hydrogen (secondary N) is 1. The Morgan fingerprint density at radius 3 is 2.50 bits per heavy atom. The minimum atomic E-state index is 0. The number of aliphatic hydroxyl groups is 1. The minimum absolute atomic E-state index is 0. The zero-order valence-corrected chi connectivity index (χ0v) is 14.6. The predicted molar refractivity (Wildman–Crippen MR) is 101 cm³/mol. The number of aryl methyl sites for hydroxylation is 1. The van der Waals surface area contributed by atoms with Crippen molar-refractivity contribution in [2.75, 3.05) is 25.6 Å². The van der Waals surface area contributed by atoms with Crippen LogP contribution in [-0.2, 0) is 0 Å². The molecular formula is C19H21ClN2O2. The molecule has 0 bridgehead atoms. The Kier molecular flexibility index (Phi) is 6.01. The number of fused-ring (bicyclic) bond motifs is 1. The van der Waals surface area contributed by atoms with Crippen molar-refractivity contribution in [2.24, 2.45) is 0 Å². The van der Waals surface area contributed by atoms with Crippen LogP contribution in [0.5, 0.6) is 5.75 Å². The first-order chi connectivity index (χ1) is 11.2. The molecule has 0 saturated heterocycles. The predicted octanol–water partition coefficient (Wildman–Crippen LogP) is 4.04. The van der Waals surface area contributed by atoms with Gasteiger partial charge in [-0.2, -0.15) is 0 Å². The van der Waals surface area contributed by atoms with Crippen LogP contribution in [0.2, 0.25) is 0 Å². The van der Waals surface area contributed by atoms with Crippen molar-refractivity contribution in [3.8, 4) is 17.0 Å². The molecule has 0 aliphatic rings. The molecule has 0 saturated carbocycles. The van der Waals surface area contributed by atoms with E-state index in [1.807, 2.05) is 24.3 Å². The maximum Gasteiger partial charge on any atom is 0.121 e. The highest BCUT2D eigenvalue weighted by Gasteiger charge is 2.08. The molecule has 4 nitrogen and oxygen atoms in total. The molecule has 1 aromatic heterocycles. The Morgan fingerprint density at radius 2 is 1.83 bits per heavy atom. The van der Waals surface area contributed by atoms with E-state index in [2.05, 4.69) is 36.5 Å². The molecule has 0 aliphatic heterocycles. The SMILES string of the molecule is COc1ccc2c(NCCO)cc(-c3ccc(C)cc3)nc2c1.Cl. The Bertz CT molecular complexity index is 819. The molecule has 0 unspecified atom stereocenters. The van der Waals surface area contributed by atoms with Crippen LogP contribution in [-0.4, -0.2) is 30.4 Å². The maximum atomic E-state index is 9.10. The highest BCUT2D eigenvalue weighted by molar-refractivity contribution is 5.94. The number of pyridine rings is 1. The zero-order chi connectivity index (χ0) is 16.2. The van der Waals surface area contributed by atoms with E-state index in [1.54, 1.807) is 7.11 Å². The van der Waals surface area contributed by atoms with Crippen LogP contribution in [0.4, 0.5) is 5.69 Å². The van der Waals surface area contributed by atoms with Gasteiger partial charge < -0.3 is 15.2 Å². The lowest BCUT2D eigenvalue weighted by Gasteiger charge is -2.12. The normalized spacial score (nSPS) is 10.3. The first kappa shape index (κ1) is 18.0. The molecule has 0 spiro atoms. The average Bonchev–Trinajstić information content (AvgIpc) is 2.59. The number of ether oxygens (including phenoxy) is 1. The van der Waals surface area contributed by atoms with Crippen molar-refractivity contribution in [3.63, 3.8) is 0 Å². The summed E-state index contributed by atoms with van der Waals surface area (Å²) in [5.41, 5.74) is 5.00. The lowest BCUT2D eigenvalue weighted by Crippen LogP contribution is -2.06. The van der Waals surface area contributed by atoms with E-state index < -0.39 is 0 Å². The van der Waals surface area contributed by atoms with Gasteiger partial charge in [0.2, 0.25) is 0 Å². The topological polar surface area (TPSA) is 54.4 Å². The van der Waals surface area contributed by atoms with Gasteiger partial charge in [-0.25, -0.2) is 4.98 Å². The van der Waals surface area contributed by atoms with Crippen LogP contribution < -0.4 is 10.1 Å². The Labute approximate surface area is 147 Å². The summed E-state index contributed by atoms with van der Waals surface area (Å²) in [5.74, 6) is 0.777. The molecule has 3 rings (SSSR count). The van der Waals surface area contributed by atoms with Crippen molar-refractivity contribution in [1.82, 2.24) is 4.98 Å². The highest BCUT2D eigenvalue weighted by atomic mass is 35.5. The van der Waals surface area contributed by atoms with Crippen molar-refractivity contribution in [3.05, 3.63) is 54.1 Å². The van der Waals surface area contributed by atoms with Crippen LogP contribution in [0.1, 0.15) is 5.56 Å². The molecular weight excluding hydrogens is 324 g/mol. The summed E-state index contributed by atoms with van der Waals surface area (Å²) in [7, 11) is 1.65. The second-order valence-corrected chi connectivity index (χ2v) is 5.45. The van der Waals surface area contributed by atoms with Crippen LogP contribution in [0.25, 0.3) is 22.2 Å². The number of hydrogen-bond donors (Lipinski definition) is 2. The number of anilines is 1. The van der Waals surface area contributed by atoms with E-state index in [1.165, 1.54) is 5.56 Å². The number of benzene rings is 2. The Balaban J connectivity index is 0.00000208. The third kappa shape index (κ3) is 3.78. The average molecular weight is 345 g/mol. The Morgan fingerprint density at radius 1 is 1.08 bits per heavy atom. The minimum Gasteiger partial charge on any atom is -0.497 e.